The number of hydrogen-bond acceptors (Lipinski definition) is 6. The van der Waals surface area contributed by atoms with Crippen molar-refractivity contribution in [1.82, 2.24) is 4.31 Å². The van der Waals surface area contributed by atoms with Gasteiger partial charge in [0.2, 0.25) is 10.0 Å². The second-order valence-electron chi connectivity index (χ2n) is 7.90. The molecule has 174 valence electrons. The van der Waals surface area contributed by atoms with Gasteiger partial charge in [-0.05, 0) is 43.3 Å². The predicted molar refractivity (Wildman–Crippen MR) is 123 cm³/mol. The number of nitrogens with zero attached hydrogens (tertiary/aromatic N) is 2. The van der Waals surface area contributed by atoms with Crippen LogP contribution in [0.3, 0.4) is 0 Å². The number of carbonyl (C=O) groups excluding carboxylic acids is 2. The molecule has 2 aromatic rings. The minimum absolute atomic E-state index is 0.0865. The Morgan fingerprint density at radius 1 is 1.12 bits per heavy atom. The fraction of sp³-hybridized carbons (Fsp3) is 0.304. The predicted octanol–water partition coefficient (Wildman–Crippen LogP) is 2.26. The van der Waals surface area contributed by atoms with Gasteiger partial charge in [0.15, 0.2) is 6.61 Å². The van der Waals surface area contributed by atoms with Crippen molar-refractivity contribution in [1.29, 1.82) is 0 Å². The molecule has 0 radical (unpaired) electrons. The van der Waals surface area contributed by atoms with Gasteiger partial charge in [-0.15, -0.1) is 0 Å². The number of benzene rings is 2. The van der Waals surface area contributed by atoms with Crippen LogP contribution >= 0.6 is 0 Å². The summed E-state index contributed by atoms with van der Waals surface area (Å²) < 4.78 is 37.6. The second-order valence-corrected chi connectivity index (χ2v) is 9.84. The average molecular weight is 472 g/mol. The van der Waals surface area contributed by atoms with Crippen molar-refractivity contribution in [3.05, 3.63) is 60.2 Å². The van der Waals surface area contributed by atoms with Crippen molar-refractivity contribution < 1.29 is 27.5 Å². The first kappa shape index (κ1) is 23.0. The number of hydrogen-bond donors (Lipinski definition) is 1. The lowest BCUT2D eigenvalue weighted by atomic mass is 10.1. The summed E-state index contributed by atoms with van der Waals surface area (Å²) >= 11 is 0. The molecule has 2 amide bonds. The molecule has 2 aliphatic rings. The molecule has 2 heterocycles. The van der Waals surface area contributed by atoms with Gasteiger partial charge >= 0.3 is 0 Å². The number of nitrogens with one attached hydrogen (secondary N) is 1. The molecule has 4 rings (SSSR count). The van der Waals surface area contributed by atoms with E-state index in [1.54, 1.807) is 23.1 Å². The van der Waals surface area contributed by atoms with Crippen molar-refractivity contribution >= 4 is 33.2 Å². The highest BCUT2D eigenvalue weighted by Crippen LogP contribution is 2.35. The Hall–Kier alpha value is -3.21. The molecule has 0 aromatic heterocycles. The van der Waals surface area contributed by atoms with Crippen LogP contribution in [0.2, 0.25) is 0 Å². The van der Waals surface area contributed by atoms with Crippen molar-refractivity contribution in [2.75, 3.05) is 49.7 Å². The third kappa shape index (κ3) is 4.92. The molecule has 0 saturated carbocycles. The molecule has 0 aliphatic carbocycles. The van der Waals surface area contributed by atoms with E-state index in [1.165, 1.54) is 28.6 Å². The second kappa shape index (κ2) is 9.34. The zero-order valence-electron chi connectivity index (χ0n) is 18.2. The normalized spacial score (nSPS) is 16.6. The van der Waals surface area contributed by atoms with Crippen LogP contribution in [0, 0.1) is 0 Å². The van der Waals surface area contributed by atoms with Gasteiger partial charge in [-0.25, -0.2) is 8.42 Å². The maximum absolute atomic E-state index is 12.7. The highest BCUT2D eigenvalue weighted by atomic mass is 32.2. The molecule has 10 heteroatoms. The summed E-state index contributed by atoms with van der Waals surface area (Å²) in [5.74, 6) is -0.0639. The van der Waals surface area contributed by atoms with Gasteiger partial charge in [0.1, 0.15) is 5.75 Å². The van der Waals surface area contributed by atoms with E-state index < -0.39 is 15.9 Å². The SMILES string of the molecule is C=C(C)CN1C(=O)COc2cc(NC(=O)c3ccc(S(=O)(=O)N4CCOCC4)cc3)ccc21. The Morgan fingerprint density at radius 2 is 1.82 bits per heavy atom. The van der Waals surface area contributed by atoms with E-state index in [0.29, 0.717) is 55.5 Å². The molecule has 2 aromatic carbocycles. The van der Waals surface area contributed by atoms with Crippen LogP contribution in [0.4, 0.5) is 11.4 Å². The maximum Gasteiger partial charge on any atom is 0.265 e. The van der Waals surface area contributed by atoms with Gasteiger partial charge in [0.05, 0.1) is 23.8 Å². The fourth-order valence-corrected chi connectivity index (χ4v) is 5.05. The Kier molecular flexibility index (Phi) is 6.50. The standard InChI is InChI=1S/C23H25N3O6S/c1-16(2)14-26-20-8-5-18(13-21(20)32-15-22(26)27)24-23(28)17-3-6-19(7-4-17)33(29,30)25-9-11-31-12-10-25/h3-8,13H,1,9-12,14-15H2,2H3,(H,24,28). The quantitative estimate of drug-likeness (QED) is 0.648. The van der Waals surface area contributed by atoms with Gasteiger partial charge in [-0.1, -0.05) is 12.2 Å². The van der Waals surface area contributed by atoms with Crippen molar-refractivity contribution in [3.63, 3.8) is 0 Å². The molecule has 0 atom stereocenters. The Balaban J connectivity index is 1.47. The summed E-state index contributed by atoms with van der Waals surface area (Å²) in [6.07, 6.45) is 0. The summed E-state index contributed by atoms with van der Waals surface area (Å²) in [5.41, 5.74) is 2.26. The van der Waals surface area contributed by atoms with Crippen LogP contribution in [0.25, 0.3) is 0 Å². The Morgan fingerprint density at radius 3 is 2.48 bits per heavy atom. The first-order valence-electron chi connectivity index (χ1n) is 10.5. The lowest BCUT2D eigenvalue weighted by molar-refractivity contribution is -0.121. The number of rotatable bonds is 6. The zero-order valence-corrected chi connectivity index (χ0v) is 19.1. The average Bonchev–Trinajstić information content (AvgIpc) is 2.81. The summed E-state index contributed by atoms with van der Waals surface area (Å²) in [7, 11) is -3.63. The van der Waals surface area contributed by atoms with Crippen LogP contribution in [0.5, 0.6) is 5.75 Å². The zero-order chi connectivity index (χ0) is 23.6. The molecular weight excluding hydrogens is 446 g/mol. The van der Waals surface area contributed by atoms with Crippen LogP contribution < -0.4 is 15.0 Å². The molecule has 0 unspecified atom stereocenters. The summed E-state index contributed by atoms with van der Waals surface area (Å²) in [4.78, 5) is 26.6. The number of sulfonamides is 1. The van der Waals surface area contributed by atoms with Crippen LogP contribution in [-0.4, -0.2) is 64.0 Å². The summed E-state index contributed by atoms with van der Waals surface area (Å²) in [5, 5.41) is 2.78. The summed E-state index contributed by atoms with van der Waals surface area (Å²) in [6, 6.07) is 10.9. The van der Waals surface area contributed by atoms with E-state index in [2.05, 4.69) is 11.9 Å². The third-order valence-corrected chi connectivity index (χ3v) is 7.23. The first-order valence-corrected chi connectivity index (χ1v) is 11.9. The maximum atomic E-state index is 12.7. The molecule has 2 aliphatic heterocycles. The van der Waals surface area contributed by atoms with E-state index in [-0.39, 0.29) is 17.4 Å². The van der Waals surface area contributed by atoms with Crippen molar-refractivity contribution in [3.8, 4) is 5.75 Å². The van der Waals surface area contributed by atoms with Gasteiger partial charge in [0.25, 0.3) is 11.8 Å². The monoisotopic (exact) mass is 471 g/mol. The van der Waals surface area contributed by atoms with Crippen LogP contribution in [0.15, 0.2) is 59.5 Å². The highest BCUT2D eigenvalue weighted by molar-refractivity contribution is 7.89. The van der Waals surface area contributed by atoms with Gasteiger partial charge < -0.3 is 19.7 Å². The topological polar surface area (TPSA) is 105 Å². The number of anilines is 2. The molecule has 1 fully saturated rings. The Bertz CT molecular complexity index is 1190. The lowest BCUT2D eigenvalue weighted by Crippen LogP contribution is -2.40. The fourth-order valence-electron chi connectivity index (χ4n) is 3.64. The van der Waals surface area contributed by atoms with E-state index in [0.717, 1.165) is 5.57 Å². The first-order chi connectivity index (χ1) is 15.8. The van der Waals surface area contributed by atoms with Gasteiger partial charge in [0, 0.05) is 37.0 Å². The van der Waals surface area contributed by atoms with E-state index >= 15 is 0 Å². The highest BCUT2D eigenvalue weighted by Gasteiger charge is 2.27. The van der Waals surface area contributed by atoms with Crippen LogP contribution in [0.1, 0.15) is 17.3 Å². The van der Waals surface area contributed by atoms with Gasteiger partial charge in [-0.2, -0.15) is 4.31 Å². The van der Waals surface area contributed by atoms with Gasteiger partial charge in [-0.3, -0.25) is 9.59 Å². The number of ether oxygens (including phenoxy) is 2. The number of amides is 2. The molecule has 1 N–H and O–H groups in total. The minimum atomic E-state index is -3.63. The number of fused-ring (bicyclic) bond motifs is 1. The van der Waals surface area contributed by atoms with E-state index in [4.69, 9.17) is 9.47 Å². The summed E-state index contributed by atoms with van der Waals surface area (Å²) in [6.45, 7) is 7.34. The van der Waals surface area contributed by atoms with E-state index in [1.807, 2.05) is 6.92 Å². The lowest BCUT2D eigenvalue weighted by Gasteiger charge is -2.29. The third-order valence-electron chi connectivity index (χ3n) is 5.31. The van der Waals surface area contributed by atoms with Crippen molar-refractivity contribution in [2.24, 2.45) is 0 Å². The molecule has 0 bridgehead atoms. The largest absolute Gasteiger partial charge is 0.481 e. The number of carbonyl (C=O) groups is 2. The van der Waals surface area contributed by atoms with Crippen LogP contribution in [-0.2, 0) is 19.6 Å². The van der Waals surface area contributed by atoms with E-state index in [9.17, 15) is 18.0 Å². The number of morpholine rings is 1. The molecule has 1 saturated heterocycles. The molecule has 9 nitrogen and oxygen atoms in total. The van der Waals surface area contributed by atoms with Crippen molar-refractivity contribution in [2.45, 2.75) is 11.8 Å². The molecule has 0 spiro atoms. The molecular formula is C23H25N3O6S. The minimum Gasteiger partial charge on any atom is -0.481 e. The Labute approximate surface area is 192 Å². The molecule has 33 heavy (non-hydrogen) atoms. The smallest absolute Gasteiger partial charge is 0.265 e.